The molecule has 7 heteroatoms. The first-order chi connectivity index (χ1) is 16.9. The summed E-state index contributed by atoms with van der Waals surface area (Å²) >= 11 is 0. The number of nitrogens with zero attached hydrogens (tertiary/aromatic N) is 1. The second-order valence-electron chi connectivity index (χ2n) is 10.3. The van der Waals surface area contributed by atoms with Crippen molar-refractivity contribution in [3.8, 4) is 0 Å². The van der Waals surface area contributed by atoms with Gasteiger partial charge in [0.25, 0.3) is 0 Å². The highest BCUT2D eigenvalue weighted by atomic mass is 16.6. The molecule has 36 heavy (non-hydrogen) atoms. The number of amides is 3. The van der Waals surface area contributed by atoms with Crippen molar-refractivity contribution in [2.45, 2.75) is 92.1 Å². The third kappa shape index (κ3) is 7.83. The fourth-order valence-corrected chi connectivity index (χ4v) is 4.10. The van der Waals surface area contributed by atoms with E-state index in [1.54, 1.807) is 32.6 Å². The van der Waals surface area contributed by atoms with Gasteiger partial charge in [-0.05, 0) is 77.1 Å². The number of aryl methyl sites for hydroxylation is 2. The van der Waals surface area contributed by atoms with E-state index in [1.807, 2.05) is 76.2 Å². The zero-order valence-electron chi connectivity index (χ0n) is 22.8. The molecule has 0 aliphatic rings. The van der Waals surface area contributed by atoms with Crippen LogP contribution in [-0.4, -0.2) is 40.5 Å². The summed E-state index contributed by atoms with van der Waals surface area (Å²) in [5.41, 5.74) is 2.91. The molecule has 7 nitrogen and oxygen atoms in total. The fourth-order valence-electron chi connectivity index (χ4n) is 4.10. The molecule has 0 heterocycles. The van der Waals surface area contributed by atoms with Crippen molar-refractivity contribution >= 4 is 17.9 Å². The van der Waals surface area contributed by atoms with Crippen LogP contribution in [0.3, 0.4) is 0 Å². The van der Waals surface area contributed by atoms with Gasteiger partial charge in [-0.1, -0.05) is 55.5 Å². The third-order valence-electron chi connectivity index (χ3n) is 6.08. The van der Waals surface area contributed by atoms with Crippen molar-refractivity contribution in [3.63, 3.8) is 0 Å². The monoisotopic (exact) mass is 495 g/mol. The molecule has 0 bridgehead atoms. The smallest absolute Gasteiger partial charge is 0.408 e. The van der Waals surface area contributed by atoms with Gasteiger partial charge in [0.05, 0.1) is 0 Å². The molecule has 3 amide bonds. The van der Waals surface area contributed by atoms with E-state index in [0.29, 0.717) is 13.0 Å². The molecule has 0 saturated heterocycles. The molecule has 0 aliphatic carbocycles. The number of nitrogens with one attached hydrogen (secondary N) is 2. The van der Waals surface area contributed by atoms with Crippen LogP contribution in [0.25, 0.3) is 0 Å². The normalized spacial score (nSPS) is 13.8. The topological polar surface area (TPSA) is 87.7 Å². The van der Waals surface area contributed by atoms with Gasteiger partial charge in [0.1, 0.15) is 17.7 Å². The standard InChI is InChI=1S/C29H41N3O4/c1-9-21(4)32(27(34)22(5)31-28(35)36-29(6,7)8)25(24-19(2)14-13-15-20(24)3)26(33)30-18-23-16-11-10-12-17-23/h10-17,21-22,25H,9,18H2,1-8H3,(H,30,33)(H,31,35). The van der Waals surface area contributed by atoms with Gasteiger partial charge in [-0.15, -0.1) is 0 Å². The largest absolute Gasteiger partial charge is 0.444 e. The maximum Gasteiger partial charge on any atom is 0.408 e. The number of hydrogen-bond acceptors (Lipinski definition) is 4. The fraction of sp³-hybridized carbons (Fsp3) is 0.483. The van der Waals surface area contributed by atoms with Gasteiger partial charge < -0.3 is 20.3 Å². The van der Waals surface area contributed by atoms with Gasteiger partial charge in [0, 0.05) is 12.6 Å². The average Bonchev–Trinajstić information content (AvgIpc) is 2.80. The molecule has 196 valence electrons. The molecule has 2 rings (SSSR count). The minimum atomic E-state index is -0.886. The lowest BCUT2D eigenvalue weighted by Crippen LogP contribution is -2.54. The highest BCUT2D eigenvalue weighted by Gasteiger charge is 2.38. The van der Waals surface area contributed by atoms with Gasteiger partial charge in [-0.25, -0.2) is 4.79 Å². The molecule has 3 unspecified atom stereocenters. The highest BCUT2D eigenvalue weighted by molar-refractivity contribution is 5.92. The summed E-state index contributed by atoms with van der Waals surface area (Å²) in [7, 11) is 0. The second kappa shape index (κ2) is 12.6. The van der Waals surface area contributed by atoms with Crippen LogP contribution in [-0.2, 0) is 20.9 Å². The van der Waals surface area contributed by atoms with Crippen LogP contribution in [0, 0.1) is 13.8 Å². The van der Waals surface area contributed by atoms with Crippen LogP contribution >= 0.6 is 0 Å². The van der Waals surface area contributed by atoms with Gasteiger partial charge >= 0.3 is 6.09 Å². The molecule has 0 radical (unpaired) electrons. The summed E-state index contributed by atoms with van der Waals surface area (Å²) in [6.45, 7) is 15.0. The number of carbonyl (C=O) groups excluding carboxylic acids is 3. The summed E-state index contributed by atoms with van der Waals surface area (Å²) in [6, 6.07) is 13.5. The Hall–Kier alpha value is -3.35. The zero-order chi connectivity index (χ0) is 27.0. The number of rotatable bonds is 9. The number of hydrogen-bond donors (Lipinski definition) is 2. The van der Waals surface area contributed by atoms with Crippen LogP contribution in [0.5, 0.6) is 0 Å². The number of ether oxygens (including phenoxy) is 1. The first-order valence-corrected chi connectivity index (χ1v) is 12.5. The molecule has 3 atom stereocenters. The Morgan fingerprint density at radius 3 is 2.06 bits per heavy atom. The summed E-state index contributed by atoms with van der Waals surface area (Å²) in [4.78, 5) is 41.6. The van der Waals surface area contributed by atoms with E-state index < -0.39 is 23.8 Å². The third-order valence-corrected chi connectivity index (χ3v) is 6.08. The number of carbonyl (C=O) groups is 3. The van der Waals surface area contributed by atoms with E-state index in [2.05, 4.69) is 10.6 Å². The maximum absolute atomic E-state index is 13.8. The van der Waals surface area contributed by atoms with Gasteiger partial charge in [0.15, 0.2) is 0 Å². The Morgan fingerprint density at radius 1 is 0.944 bits per heavy atom. The molecule has 2 aromatic rings. The highest BCUT2D eigenvalue weighted by Crippen LogP contribution is 2.31. The second-order valence-corrected chi connectivity index (χ2v) is 10.3. The van der Waals surface area contributed by atoms with Crippen LogP contribution in [0.2, 0.25) is 0 Å². The average molecular weight is 496 g/mol. The lowest BCUT2D eigenvalue weighted by atomic mass is 9.92. The molecule has 0 saturated carbocycles. The van der Waals surface area contributed by atoms with Gasteiger partial charge in [-0.2, -0.15) is 0 Å². The molecular formula is C29H41N3O4. The lowest BCUT2D eigenvalue weighted by Gasteiger charge is -2.38. The van der Waals surface area contributed by atoms with E-state index in [0.717, 1.165) is 22.3 Å². The predicted molar refractivity (Wildman–Crippen MR) is 142 cm³/mol. The first kappa shape index (κ1) is 28.9. The molecule has 2 N–H and O–H groups in total. The van der Waals surface area contributed by atoms with Crippen LogP contribution in [0.4, 0.5) is 4.79 Å². The first-order valence-electron chi connectivity index (χ1n) is 12.5. The van der Waals surface area contributed by atoms with Crippen LogP contribution < -0.4 is 10.6 Å². The van der Waals surface area contributed by atoms with E-state index >= 15 is 0 Å². The SMILES string of the molecule is CCC(C)N(C(=O)C(C)NC(=O)OC(C)(C)C)C(C(=O)NCc1ccccc1)c1c(C)cccc1C. The maximum atomic E-state index is 13.8. The van der Waals surface area contributed by atoms with E-state index in [4.69, 9.17) is 4.74 Å². The summed E-state index contributed by atoms with van der Waals surface area (Å²) in [5, 5.41) is 5.68. The van der Waals surface area contributed by atoms with Crippen molar-refractivity contribution in [2.75, 3.05) is 0 Å². The Balaban J connectivity index is 2.46. The summed E-state index contributed by atoms with van der Waals surface area (Å²) in [6.07, 6.45) is -0.0391. The van der Waals surface area contributed by atoms with Gasteiger partial charge in [-0.3, -0.25) is 9.59 Å². The lowest BCUT2D eigenvalue weighted by molar-refractivity contribution is -0.144. The Kier molecular flexibility index (Phi) is 10.1. The van der Waals surface area contributed by atoms with E-state index in [1.165, 1.54) is 0 Å². The summed E-state index contributed by atoms with van der Waals surface area (Å²) < 4.78 is 5.34. The van der Waals surface area contributed by atoms with Crippen molar-refractivity contribution in [1.82, 2.24) is 15.5 Å². The molecule has 0 fully saturated rings. The molecule has 0 aromatic heterocycles. The molecule has 0 aliphatic heterocycles. The number of benzene rings is 2. The van der Waals surface area contributed by atoms with Gasteiger partial charge in [0.2, 0.25) is 11.8 Å². The van der Waals surface area contributed by atoms with Crippen molar-refractivity contribution in [2.24, 2.45) is 0 Å². The van der Waals surface area contributed by atoms with Crippen molar-refractivity contribution < 1.29 is 19.1 Å². The van der Waals surface area contributed by atoms with Crippen LogP contribution in [0.1, 0.15) is 76.3 Å². The Morgan fingerprint density at radius 2 is 1.53 bits per heavy atom. The van der Waals surface area contributed by atoms with Crippen molar-refractivity contribution in [1.29, 1.82) is 0 Å². The quantitative estimate of drug-likeness (QED) is 0.500. The van der Waals surface area contributed by atoms with Crippen molar-refractivity contribution in [3.05, 3.63) is 70.8 Å². The van der Waals surface area contributed by atoms with E-state index in [-0.39, 0.29) is 17.9 Å². The zero-order valence-corrected chi connectivity index (χ0v) is 22.8. The molecular weight excluding hydrogens is 454 g/mol. The molecule has 0 spiro atoms. The minimum Gasteiger partial charge on any atom is -0.444 e. The predicted octanol–water partition coefficient (Wildman–Crippen LogP) is 5.20. The Labute approximate surface area is 215 Å². The minimum absolute atomic E-state index is 0.258. The number of alkyl carbamates (subject to hydrolysis) is 1. The molecule has 2 aromatic carbocycles. The van der Waals surface area contributed by atoms with E-state index in [9.17, 15) is 14.4 Å². The summed E-state index contributed by atoms with van der Waals surface area (Å²) in [5.74, 6) is -0.618. The van der Waals surface area contributed by atoms with Crippen LogP contribution in [0.15, 0.2) is 48.5 Å². The Bertz CT molecular complexity index is 1030.